The van der Waals surface area contributed by atoms with Gasteiger partial charge in [-0.2, -0.15) is 0 Å². The Morgan fingerprint density at radius 2 is 1.94 bits per heavy atom. The van der Waals surface area contributed by atoms with Crippen LogP contribution in [0.1, 0.15) is 29.9 Å². The van der Waals surface area contributed by atoms with Crippen LogP contribution in [-0.4, -0.2) is 27.3 Å². The molecule has 18 heavy (non-hydrogen) atoms. The fourth-order valence-electron chi connectivity index (χ4n) is 2.57. The van der Waals surface area contributed by atoms with Crippen LogP contribution in [0.2, 0.25) is 0 Å². The Hall–Kier alpha value is -1.29. The predicted molar refractivity (Wildman–Crippen MR) is 69.2 cm³/mol. The highest BCUT2D eigenvalue weighted by Gasteiger charge is 2.22. The van der Waals surface area contributed by atoms with Gasteiger partial charge in [-0.3, -0.25) is 0 Å². The topological polar surface area (TPSA) is 30.5 Å². The second-order valence-corrected chi connectivity index (χ2v) is 4.58. The molecule has 4 heteroatoms. The maximum atomic E-state index is 12.9. The van der Waals surface area contributed by atoms with E-state index in [0.29, 0.717) is 17.2 Å². The zero-order chi connectivity index (χ0) is 13.0. The first-order valence-electron chi connectivity index (χ1n) is 6.31. The summed E-state index contributed by atoms with van der Waals surface area (Å²) in [5.74, 6) is 1.80. The van der Waals surface area contributed by atoms with Crippen LogP contribution in [0.15, 0.2) is 12.1 Å². The van der Waals surface area contributed by atoms with E-state index in [1.165, 1.54) is 0 Å². The number of methoxy groups -OCH3 is 2. The van der Waals surface area contributed by atoms with Crippen LogP contribution in [0, 0.1) is 0 Å². The number of ether oxygens (including phenoxy) is 2. The molecule has 0 aliphatic carbocycles. The molecule has 3 nitrogen and oxygen atoms in total. The lowest BCUT2D eigenvalue weighted by Gasteiger charge is -2.25. The minimum atomic E-state index is -0.474. The zero-order valence-electron chi connectivity index (χ0n) is 11.0. The largest absolute Gasteiger partial charge is 0.493 e. The van der Waals surface area contributed by atoms with Crippen molar-refractivity contribution in [3.8, 4) is 11.5 Å². The average molecular weight is 253 g/mol. The summed E-state index contributed by atoms with van der Waals surface area (Å²) in [7, 11) is 3.23. The van der Waals surface area contributed by atoms with E-state index in [4.69, 9.17) is 9.47 Å². The molecule has 0 aromatic heterocycles. The molecule has 1 N–H and O–H groups in total. The zero-order valence-corrected chi connectivity index (χ0v) is 11.0. The smallest absolute Gasteiger partial charge is 0.164 e. The quantitative estimate of drug-likeness (QED) is 0.894. The van der Waals surface area contributed by atoms with Gasteiger partial charge in [-0.15, -0.1) is 0 Å². The van der Waals surface area contributed by atoms with Crippen molar-refractivity contribution in [1.29, 1.82) is 0 Å². The summed E-state index contributed by atoms with van der Waals surface area (Å²) >= 11 is 0. The summed E-state index contributed by atoms with van der Waals surface area (Å²) in [5, 5.41) is 3.33. The third-order valence-electron chi connectivity index (χ3n) is 3.50. The van der Waals surface area contributed by atoms with Crippen molar-refractivity contribution in [2.45, 2.75) is 25.4 Å². The Morgan fingerprint density at radius 3 is 2.50 bits per heavy atom. The minimum absolute atomic E-state index is 0.418. The van der Waals surface area contributed by atoms with E-state index < -0.39 is 6.67 Å². The molecule has 1 aromatic carbocycles. The number of benzene rings is 1. The number of nitrogens with one attached hydrogen (secondary N) is 1. The molecule has 0 atom stereocenters. The van der Waals surface area contributed by atoms with Crippen molar-refractivity contribution in [2.24, 2.45) is 0 Å². The highest BCUT2D eigenvalue weighted by Crippen LogP contribution is 2.40. The molecule has 1 aliphatic heterocycles. The van der Waals surface area contributed by atoms with Crippen LogP contribution in [0.3, 0.4) is 0 Å². The molecule has 0 saturated carbocycles. The van der Waals surface area contributed by atoms with Gasteiger partial charge in [0.2, 0.25) is 0 Å². The van der Waals surface area contributed by atoms with Gasteiger partial charge in [-0.05, 0) is 49.5 Å². The summed E-state index contributed by atoms with van der Waals surface area (Å²) in [6.45, 7) is 1.52. The van der Waals surface area contributed by atoms with E-state index >= 15 is 0 Å². The third-order valence-corrected chi connectivity index (χ3v) is 3.50. The molecule has 0 spiro atoms. The van der Waals surface area contributed by atoms with Gasteiger partial charge in [0, 0.05) is 5.56 Å². The van der Waals surface area contributed by atoms with E-state index in [2.05, 4.69) is 5.32 Å². The Kier molecular flexibility index (Phi) is 4.42. The summed E-state index contributed by atoms with van der Waals surface area (Å²) in [5.41, 5.74) is 1.73. The summed E-state index contributed by atoms with van der Waals surface area (Å²) in [4.78, 5) is 0. The van der Waals surface area contributed by atoms with Gasteiger partial charge in [-0.25, -0.2) is 4.39 Å². The number of hydrogen-bond donors (Lipinski definition) is 1. The Bertz CT molecular complexity index is 403. The molecule has 1 aromatic rings. The van der Waals surface area contributed by atoms with Crippen LogP contribution in [0.25, 0.3) is 0 Å². The van der Waals surface area contributed by atoms with Gasteiger partial charge in [0.05, 0.1) is 14.2 Å². The van der Waals surface area contributed by atoms with E-state index in [1.807, 2.05) is 6.07 Å². The Morgan fingerprint density at radius 1 is 1.22 bits per heavy atom. The number of hydrogen-bond acceptors (Lipinski definition) is 3. The molecular weight excluding hydrogens is 233 g/mol. The lowest BCUT2D eigenvalue weighted by Crippen LogP contribution is -2.27. The number of piperidine rings is 1. The molecule has 0 radical (unpaired) electrons. The second-order valence-electron chi connectivity index (χ2n) is 4.58. The predicted octanol–water partition coefficient (Wildman–Crippen LogP) is 2.64. The standard InChI is InChI=1S/C14H20FNO2/c1-17-13-8-10(9-15)7-12(14(13)18-2)11-3-5-16-6-4-11/h7-8,11,16H,3-6,9H2,1-2H3. The number of halogens is 1. The summed E-state index contributed by atoms with van der Waals surface area (Å²) < 4.78 is 23.7. The Balaban J connectivity index is 2.41. The van der Waals surface area contributed by atoms with Crippen molar-refractivity contribution in [2.75, 3.05) is 27.3 Å². The molecule has 100 valence electrons. The normalized spacial score (nSPS) is 16.6. The van der Waals surface area contributed by atoms with Crippen molar-refractivity contribution in [1.82, 2.24) is 5.32 Å². The Labute approximate surface area is 107 Å². The molecule has 1 saturated heterocycles. The van der Waals surface area contributed by atoms with Crippen molar-refractivity contribution in [3.63, 3.8) is 0 Å². The van der Waals surface area contributed by atoms with Gasteiger partial charge in [0.25, 0.3) is 0 Å². The first kappa shape index (κ1) is 13.1. The second kappa shape index (κ2) is 6.05. The maximum absolute atomic E-state index is 12.9. The van der Waals surface area contributed by atoms with Crippen molar-refractivity contribution < 1.29 is 13.9 Å². The van der Waals surface area contributed by atoms with Gasteiger partial charge >= 0.3 is 0 Å². The van der Waals surface area contributed by atoms with Crippen molar-refractivity contribution in [3.05, 3.63) is 23.3 Å². The van der Waals surface area contributed by atoms with Crippen LogP contribution in [0.5, 0.6) is 11.5 Å². The molecule has 0 amide bonds. The molecule has 0 unspecified atom stereocenters. The first-order valence-corrected chi connectivity index (χ1v) is 6.31. The summed E-state index contributed by atoms with van der Waals surface area (Å²) in [6, 6.07) is 3.63. The molecule has 2 rings (SSSR count). The van der Waals surface area contributed by atoms with Gasteiger partial charge in [-0.1, -0.05) is 0 Å². The van der Waals surface area contributed by atoms with Gasteiger partial charge < -0.3 is 14.8 Å². The van der Waals surface area contributed by atoms with E-state index in [-0.39, 0.29) is 0 Å². The van der Waals surface area contributed by atoms with E-state index in [9.17, 15) is 4.39 Å². The lowest BCUT2D eigenvalue weighted by molar-refractivity contribution is 0.342. The SMILES string of the molecule is COc1cc(CF)cc(C2CCNCC2)c1OC. The van der Waals surface area contributed by atoms with E-state index in [1.54, 1.807) is 20.3 Å². The summed E-state index contributed by atoms with van der Waals surface area (Å²) in [6.07, 6.45) is 2.10. The molecular formula is C14H20FNO2. The highest BCUT2D eigenvalue weighted by molar-refractivity contribution is 5.51. The van der Waals surface area contributed by atoms with Crippen LogP contribution in [0.4, 0.5) is 4.39 Å². The monoisotopic (exact) mass is 253 g/mol. The number of alkyl halides is 1. The lowest BCUT2D eigenvalue weighted by atomic mass is 9.88. The van der Waals surface area contributed by atoms with Crippen LogP contribution in [-0.2, 0) is 6.67 Å². The highest BCUT2D eigenvalue weighted by atomic mass is 19.1. The fourth-order valence-corrected chi connectivity index (χ4v) is 2.57. The average Bonchev–Trinajstić information content (AvgIpc) is 2.46. The van der Waals surface area contributed by atoms with E-state index in [0.717, 1.165) is 37.2 Å². The molecule has 1 heterocycles. The van der Waals surface area contributed by atoms with Gasteiger partial charge in [0.1, 0.15) is 6.67 Å². The maximum Gasteiger partial charge on any atom is 0.164 e. The first-order chi connectivity index (χ1) is 8.80. The number of rotatable bonds is 4. The third kappa shape index (κ3) is 2.58. The molecule has 1 aliphatic rings. The minimum Gasteiger partial charge on any atom is -0.493 e. The fraction of sp³-hybridized carbons (Fsp3) is 0.571. The molecule has 1 fully saturated rings. The van der Waals surface area contributed by atoms with Crippen LogP contribution >= 0.6 is 0 Å². The van der Waals surface area contributed by atoms with Gasteiger partial charge in [0.15, 0.2) is 11.5 Å². The van der Waals surface area contributed by atoms with Crippen LogP contribution < -0.4 is 14.8 Å². The van der Waals surface area contributed by atoms with Crippen molar-refractivity contribution >= 4 is 0 Å². The molecule has 0 bridgehead atoms.